The molecule has 0 bridgehead atoms. The van der Waals surface area contributed by atoms with E-state index in [1.54, 1.807) is 25.1 Å². The number of oxime groups is 1. The number of halogens is 2. The van der Waals surface area contributed by atoms with Crippen LogP contribution in [0.1, 0.15) is 18.9 Å². The number of carbonyl (C=O) groups is 1. The molecule has 18 heavy (non-hydrogen) atoms. The molecule has 1 aromatic rings. The van der Waals surface area contributed by atoms with E-state index in [2.05, 4.69) is 5.16 Å². The van der Waals surface area contributed by atoms with Crippen molar-refractivity contribution < 1.29 is 14.4 Å². The van der Waals surface area contributed by atoms with E-state index in [1.807, 2.05) is 0 Å². The van der Waals surface area contributed by atoms with Crippen LogP contribution < -0.4 is 0 Å². The molecule has 2 rings (SSSR count). The Bertz CT molecular complexity index is 502. The zero-order valence-electron chi connectivity index (χ0n) is 9.65. The maximum atomic E-state index is 11.5. The van der Waals surface area contributed by atoms with Crippen molar-refractivity contribution in [3.63, 3.8) is 0 Å². The molecule has 0 saturated heterocycles. The maximum Gasteiger partial charge on any atom is 0.350 e. The molecule has 0 saturated carbocycles. The first-order valence-corrected chi connectivity index (χ1v) is 6.22. The van der Waals surface area contributed by atoms with Crippen molar-refractivity contribution in [1.29, 1.82) is 0 Å². The molecule has 0 radical (unpaired) electrons. The van der Waals surface area contributed by atoms with Crippen molar-refractivity contribution in [3.8, 4) is 0 Å². The number of esters is 1. The van der Waals surface area contributed by atoms with E-state index < -0.39 is 12.1 Å². The molecule has 0 fully saturated rings. The zero-order chi connectivity index (χ0) is 13.1. The van der Waals surface area contributed by atoms with Gasteiger partial charge in [-0.25, -0.2) is 4.79 Å². The Hall–Kier alpha value is -1.26. The van der Waals surface area contributed by atoms with Crippen LogP contribution in [-0.2, 0) is 14.4 Å². The van der Waals surface area contributed by atoms with Crippen LogP contribution >= 0.6 is 23.2 Å². The molecular formula is C12H11Cl2NO3. The number of hydrogen-bond donors (Lipinski definition) is 0. The summed E-state index contributed by atoms with van der Waals surface area (Å²) in [4.78, 5) is 16.5. The minimum atomic E-state index is -0.699. The predicted octanol–water partition coefficient (Wildman–Crippen LogP) is 3.05. The van der Waals surface area contributed by atoms with Crippen molar-refractivity contribution in [1.82, 2.24) is 0 Å². The summed E-state index contributed by atoms with van der Waals surface area (Å²) in [7, 11) is 0. The molecule has 1 aliphatic rings. The van der Waals surface area contributed by atoms with Gasteiger partial charge in [0.2, 0.25) is 6.10 Å². The molecule has 1 heterocycles. The maximum absolute atomic E-state index is 11.5. The van der Waals surface area contributed by atoms with Gasteiger partial charge >= 0.3 is 5.97 Å². The quantitative estimate of drug-likeness (QED) is 0.803. The molecule has 0 aliphatic carbocycles. The van der Waals surface area contributed by atoms with Crippen molar-refractivity contribution >= 4 is 34.9 Å². The minimum Gasteiger partial charge on any atom is -0.463 e. The number of benzene rings is 1. The van der Waals surface area contributed by atoms with E-state index in [9.17, 15) is 4.79 Å². The lowest BCUT2D eigenvalue weighted by Crippen LogP contribution is -2.23. The lowest BCUT2D eigenvalue weighted by molar-refractivity contribution is -0.154. The summed E-state index contributed by atoms with van der Waals surface area (Å²) in [5.74, 6) is -0.422. The number of carbonyl (C=O) groups excluding carboxylic acids is 1. The summed E-state index contributed by atoms with van der Waals surface area (Å²) in [5, 5.41) is 4.94. The van der Waals surface area contributed by atoms with Crippen LogP contribution in [0, 0.1) is 0 Å². The molecule has 1 atom stereocenters. The van der Waals surface area contributed by atoms with E-state index in [0.29, 0.717) is 34.3 Å². The second-order valence-electron chi connectivity index (χ2n) is 3.71. The molecule has 1 aliphatic heterocycles. The van der Waals surface area contributed by atoms with Gasteiger partial charge in [0.15, 0.2) is 0 Å². The third-order valence-electron chi connectivity index (χ3n) is 2.46. The monoisotopic (exact) mass is 287 g/mol. The van der Waals surface area contributed by atoms with Gasteiger partial charge in [-0.2, -0.15) is 0 Å². The van der Waals surface area contributed by atoms with Crippen LogP contribution in [0.2, 0.25) is 10.0 Å². The zero-order valence-corrected chi connectivity index (χ0v) is 11.2. The topological polar surface area (TPSA) is 47.9 Å². The largest absolute Gasteiger partial charge is 0.463 e. The highest BCUT2D eigenvalue weighted by molar-refractivity contribution is 6.36. The fourth-order valence-corrected chi connectivity index (χ4v) is 2.02. The summed E-state index contributed by atoms with van der Waals surface area (Å²) >= 11 is 12.0. The average Bonchev–Trinajstić information content (AvgIpc) is 2.82. The molecule has 0 N–H and O–H groups in total. The minimum absolute atomic E-state index is 0.311. The highest BCUT2D eigenvalue weighted by Crippen LogP contribution is 2.26. The van der Waals surface area contributed by atoms with E-state index in [0.717, 1.165) is 0 Å². The Morgan fingerprint density at radius 2 is 2.33 bits per heavy atom. The standard InChI is InChI=1S/C12H11Cl2NO3/c1-2-17-12(16)11-6-10(15-18-11)8-5-7(13)3-4-9(8)14/h3-5,11H,2,6H2,1H3. The van der Waals surface area contributed by atoms with Gasteiger partial charge in [-0.15, -0.1) is 0 Å². The molecule has 0 aromatic heterocycles. The van der Waals surface area contributed by atoms with Crippen molar-refractivity contribution in [2.45, 2.75) is 19.4 Å². The molecule has 6 heteroatoms. The summed E-state index contributed by atoms with van der Waals surface area (Å²) < 4.78 is 4.87. The van der Waals surface area contributed by atoms with Crippen LogP contribution in [-0.4, -0.2) is 24.4 Å². The summed E-state index contributed by atoms with van der Waals surface area (Å²) in [5.41, 5.74) is 1.27. The van der Waals surface area contributed by atoms with Crippen LogP contribution in [0.25, 0.3) is 0 Å². The third kappa shape index (κ3) is 2.76. The lowest BCUT2D eigenvalue weighted by Gasteiger charge is -2.06. The normalized spacial score (nSPS) is 18.2. The van der Waals surface area contributed by atoms with Crippen LogP contribution in [0.4, 0.5) is 0 Å². The fraction of sp³-hybridized carbons (Fsp3) is 0.333. The smallest absolute Gasteiger partial charge is 0.350 e. The second-order valence-corrected chi connectivity index (χ2v) is 4.56. The molecule has 96 valence electrons. The van der Waals surface area contributed by atoms with Crippen LogP contribution in [0.3, 0.4) is 0 Å². The van der Waals surface area contributed by atoms with Gasteiger partial charge in [0, 0.05) is 22.0 Å². The van der Waals surface area contributed by atoms with Gasteiger partial charge in [-0.05, 0) is 25.1 Å². The van der Waals surface area contributed by atoms with Gasteiger partial charge < -0.3 is 9.57 Å². The molecule has 1 aromatic carbocycles. The average molecular weight is 288 g/mol. The second kappa shape index (κ2) is 5.59. The van der Waals surface area contributed by atoms with Crippen LogP contribution in [0.15, 0.2) is 23.4 Å². The van der Waals surface area contributed by atoms with E-state index in [4.69, 9.17) is 32.8 Å². The van der Waals surface area contributed by atoms with Gasteiger partial charge in [0.05, 0.1) is 12.3 Å². The fourth-order valence-electron chi connectivity index (χ4n) is 1.62. The van der Waals surface area contributed by atoms with E-state index in [-0.39, 0.29) is 0 Å². The molecule has 0 amide bonds. The van der Waals surface area contributed by atoms with Gasteiger partial charge in [-0.3, -0.25) is 0 Å². The van der Waals surface area contributed by atoms with Gasteiger partial charge in [-0.1, -0.05) is 28.4 Å². The van der Waals surface area contributed by atoms with Gasteiger partial charge in [0.1, 0.15) is 0 Å². The molecule has 1 unspecified atom stereocenters. The van der Waals surface area contributed by atoms with Crippen molar-refractivity contribution in [2.75, 3.05) is 6.61 Å². The van der Waals surface area contributed by atoms with E-state index >= 15 is 0 Å². The van der Waals surface area contributed by atoms with Crippen molar-refractivity contribution in [2.24, 2.45) is 5.16 Å². The van der Waals surface area contributed by atoms with Gasteiger partial charge in [0.25, 0.3) is 0 Å². The SMILES string of the molecule is CCOC(=O)C1CC(c2cc(Cl)ccc2Cl)=NO1. The summed E-state index contributed by atoms with van der Waals surface area (Å²) in [6.07, 6.45) is -0.367. The van der Waals surface area contributed by atoms with Crippen molar-refractivity contribution in [3.05, 3.63) is 33.8 Å². The first-order chi connectivity index (χ1) is 8.61. The lowest BCUT2D eigenvalue weighted by atomic mass is 10.1. The Morgan fingerprint density at radius 3 is 3.06 bits per heavy atom. The summed E-state index contributed by atoms with van der Waals surface area (Å²) in [6.45, 7) is 2.05. The summed E-state index contributed by atoms with van der Waals surface area (Å²) in [6, 6.07) is 5.06. The number of hydrogen-bond acceptors (Lipinski definition) is 4. The molecule has 0 spiro atoms. The Kier molecular flexibility index (Phi) is 4.09. The first-order valence-electron chi connectivity index (χ1n) is 5.46. The van der Waals surface area contributed by atoms with Crippen LogP contribution in [0.5, 0.6) is 0 Å². The number of nitrogens with zero attached hydrogens (tertiary/aromatic N) is 1. The molecule has 4 nitrogen and oxygen atoms in total. The molecular weight excluding hydrogens is 277 g/mol. The predicted molar refractivity (Wildman–Crippen MR) is 69.1 cm³/mol. The first kappa shape index (κ1) is 13.2. The highest BCUT2D eigenvalue weighted by atomic mass is 35.5. The Labute approximate surface area is 114 Å². The Morgan fingerprint density at radius 1 is 1.56 bits per heavy atom. The third-order valence-corrected chi connectivity index (χ3v) is 3.02. The number of rotatable bonds is 3. The Balaban J connectivity index is 2.13. The van der Waals surface area contributed by atoms with E-state index in [1.165, 1.54) is 0 Å². The highest BCUT2D eigenvalue weighted by Gasteiger charge is 2.30. The number of ether oxygens (including phenoxy) is 1.